The van der Waals surface area contributed by atoms with E-state index < -0.39 is 0 Å². The van der Waals surface area contributed by atoms with Gasteiger partial charge < -0.3 is 10.2 Å². The summed E-state index contributed by atoms with van der Waals surface area (Å²) in [5.74, 6) is 0. The number of amides is 1. The second kappa shape index (κ2) is 7.31. The highest BCUT2D eigenvalue weighted by Gasteiger charge is 2.17. The highest BCUT2D eigenvalue weighted by atomic mass is 32.2. The van der Waals surface area contributed by atoms with Crippen LogP contribution in [-0.4, -0.2) is 19.2 Å². The molecule has 0 bridgehead atoms. The van der Waals surface area contributed by atoms with E-state index in [1.807, 2.05) is 0 Å². The SMILES string of the molecule is CSc1ccc2c(c1)CCCN(c1cc(C)c(NC=O)c(C)c1)C2. The molecule has 4 heteroatoms. The standard InChI is InChI=1S/C20H24N2OS/c1-14-9-18(10-15(2)20(14)21-13-23)22-8-4-5-16-11-19(24-3)7-6-17(16)12-22/h6-7,9-11,13H,4-5,8,12H2,1-3H3,(H,21,23). The molecule has 126 valence electrons. The first-order valence-electron chi connectivity index (χ1n) is 8.34. The first kappa shape index (κ1) is 16.9. The van der Waals surface area contributed by atoms with Crippen molar-refractivity contribution >= 4 is 29.5 Å². The summed E-state index contributed by atoms with van der Waals surface area (Å²) in [5, 5.41) is 2.81. The lowest BCUT2D eigenvalue weighted by Gasteiger charge is -2.25. The number of fused-ring (bicyclic) bond motifs is 1. The molecule has 0 fully saturated rings. The summed E-state index contributed by atoms with van der Waals surface area (Å²) in [5.41, 5.74) is 7.29. The van der Waals surface area contributed by atoms with Crippen molar-refractivity contribution in [1.82, 2.24) is 0 Å². The van der Waals surface area contributed by atoms with Gasteiger partial charge in [-0.2, -0.15) is 0 Å². The molecule has 0 aromatic heterocycles. The largest absolute Gasteiger partial charge is 0.367 e. The van der Waals surface area contributed by atoms with Crippen LogP contribution in [0.5, 0.6) is 0 Å². The number of aryl methyl sites for hydroxylation is 3. The first-order chi connectivity index (χ1) is 11.6. The summed E-state index contributed by atoms with van der Waals surface area (Å²) < 4.78 is 0. The molecule has 1 aliphatic heterocycles. The summed E-state index contributed by atoms with van der Waals surface area (Å²) in [7, 11) is 0. The average Bonchev–Trinajstić information content (AvgIpc) is 2.79. The Morgan fingerprint density at radius 2 is 1.88 bits per heavy atom. The molecule has 0 saturated heterocycles. The fraction of sp³-hybridized carbons (Fsp3) is 0.350. The number of carbonyl (C=O) groups excluding carboxylic acids is 1. The van der Waals surface area contributed by atoms with E-state index in [-0.39, 0.29) is 0 Å². The molecular weight excluding hydrogens is 316 g/mol. The zero-order valence-corrected chi connectivity index (χ0v) is 15.4. The summed E-state index contributed by atoms with van der Waals surface area (Å²) in [6.07, 6.45) is 5.19. The number of thioether (sulfide) groups is 1. The van der Waals surface area contributed by atoms with E-state index in [1.54, 1.807) is 11.8 Å². The van der Waals surface area contributed by atoms with Crippen molar-refractivity contribution < 1.29 is 4.79 Å². The van der Waals surface area contributed by atoms with Crippen molar-refractivity contribution in [2.45, 2.75) is 38.1 Å². The zero-order valence-electron chi connectivity index (χ0n) is 14.6. The van der Waals surface area contributed by atoms with Gasteiger partial charge in [0.2, 0.25) is 6.41 Å². The van der Waals surface area contributed by atoms with Crippen molar-refractivity contribution in [3.05, 3.63) is 52.6 Å². The molecule has 0 aliphatic carbocycles. The first-order valence-corrected chi connectivity index (χ1v) is 9.57. The molecule has 1 amide bonds. The zero-order chi connectivity index (χ0) is 17.1. The molecule has 24 heavy (non-hydrogen) atoms. The van der Waals surface area contributed by atoms with Crippen molar-refractivity contribution in [3.63, 3.8) is 0 Å². The van der Waals surface area contributed by atoms with Gasteiger partial charge in [-0.1, -0.05) is 6.07 Å². The number of hydrogen-bond acceptors (Lipinski definition) is 3. The fourth-order valence-electron chi connectivity index (χ4n) is 3.49. The van der Waals surface area contributed by atoms with Gasteiger partial charge in [-0.25, -0.2) is 0 Å². The second-order valence-electron chi connectivity index (χ2n) is 6.38. The lowest BCUT2D eigenvalue weighted by atomic mass is 10.0. The van der Waals surface area contributed by atoms with Gasteiger partial charge in [-0.05, 0) is 79.5 Å². The minimum absolute atomic E-state index is 0.751. The maximum atomic E-state index is 10.8. The third-order valence-corrected chi connectivity index (χ3v) is 5.46. The van der Waals surface area contributed by atoms with E-state index in [1.165, 1.54) is 21.7 Å². The Labute approximate surface area is 148 Å². The molecule has 0 radical (unpaired) electrons. The Kier molecular flexibility index (Phi) is 5.14. The van der Waals surface area contributed by atoms with E-state index >= 15 is 0 Å². The molecule has 2 aromatic carbocycles. The molecule has 2 aromatic rings. The van der Waals surface area contributed by atoms with Gasteiger partial charge in [0.15, 0.2) is 0 Å². The quantitative estimate of drug-likeness (QED) is 0.655. The highest BCUT2D eigenvalue weighted by Crippen LogP contribution is 2.31. The molecule has 1 heterocycles. The Balaban J connectivity index is 1.91. The summed E-state index contributed by atoms with van der Waals surface area (Å²) in [6.45, 7) is 6.11. The van der Waals surface area contributed by atoms with Crippen LogP contribution in [0.2, 0.25) is 0 Å². The maximum absolute atomic E-state index is 10.8. The molecule has 3 nitrogen and oxygen atoms in total. The van der Waals surface area contributed by atoms with Gasteiger partial charge in [-0.3, -0.25) is 4.79 Å². The topological polar surface area (TPSA) is 32.3 Å². The Hall–Kier alpha value is -1.94. The maximum Gasteiger partial charge on any atom is 0.211 e. The van der Waals surface area contributed by atoms with Crippen LogP contribution >= 0.6 is 11.8 Å². The lowest BCUT2D eigenvalue weighted by molar-refractivity contribution is -0.105. The molecule has 1 aliphatic rings. The molecule has 3 rings (SSSR count). The lowest BCUT2D eigenvalue weighted by Crippen LogP contribution is -2.22. The van der Waals surface area contributed by atoms with Crippen molar-refractivity contribution in [1.29, 1.82) is 0 Å². The normalized spacial score (nSPS) is 14.0. The number of rotatable bonds is 4. The Morgan fingerprint density at radius 1 is 1.12 bits per heavy atom. The van der Waals surface area contributed by atoms with Crippen LogP contribution in [0.4, 0.5) is 11.4 Å². The average molecular weight is 340 g/mol. The van der Waals surface area contributed by atoms with Gasteiger partial charge in [0.05, 0.1) is 0 Å². The van der Waals surface area contributed by atoms with Gasteiger partial charge in [-0.15, -0.1) is 11.8 Å². The second-order valence-corrected chi connectivity index (χ2v) is 7.26. The summed E-state index contributed by atoms with van der Waals surface area (Å²) >= 11 is 1.81. The number of anilines is 2. The minimum atomic E-state index is 0.751. The van der Waals surface area contributed by atoms with Crippen molar-refractivity contribution in [2.75, 3.05) is 23.0 Å². The molecule has 0 atom stereocenters. The van der Waals surface area contributed by atoms with Crippen LogP contribution in [0.1, 0.15) is 28.7 Å². The summed E-state index contributed by atoms with van der Waals surface area (Å²) in [4.78, 5) is 14.6. The van der Waals surface area contributed by atoms with Crippen LogP contribution in [0.3, 0.4) is 0 Å². The number of benzene rings is 2. The van der Waals surface area contributed by atoms with E-state index in [0.717, 1.165) is 49.2 Å². The fourth-order valence-corrected chi connectivity index (χ4v) is 3.96. The van der Waals surface area contributed by atoms with Gasteiger partial charge in [0.25, 0.3) is 0 Å². The molecule has 1 N–H and O–H groups in total. The van der Waals surface area contributed by atoms with E-state index in [9.17, 15) is 4.79 Å². The van der Waals surface area contributed by atoms with Crippen molar-refractivity contribution in [3.8, 4) is 0 Å². The highest BCUT2D eigenvalue weighted by molar-refractivity contribution is 7.98. The predicted octanol–water partition coefficient (Wildman–Crippen LogP) is 4.55. The molecule has 0 spiro atoms. The van der Waals surface area contributed by atoms with Gasteiger partial charge in [0.1, 0.15) is 0 Å². The van der Waals surface area contributed by atoms with E-state index in [4.69, 9.17) is 0 Å². The summed E-state index contributed by atoms with van der Waals surface area (Å²) in [6, 6.07) is 11.2. The van der Waals surface area contributed by atoms with Crippen LogP contribution < -0.4 is 10.2 Å². The van der Waals surface area contributed by atoms with E-state index in [0.29, 0.717) is 0 Å². The number of nitrogens with zero attached hydrogens (tertiary/aromatic N) is 1. The third kappa shape index (κ3) is 3.44. The monoisotopic (exact) mass is 340 g/mol. The van der Waals surface area contributed by atoms with Crippen molar-refractivity contribution in [2.24, 2.45) is 0 Å². The predicted molar refractivity (Wildman–Crippen MR) is 103 cm³/mol. The minimum Gasteiger partial charge on any atom is -0.367 e. The number of hydrogen-bond donors (Lipinski definition) is 1. The van der Waals surface area contributed by atoms with Crippen LogP contribution in [-0.2, 0) is 17.8 Å². The molecule has 0 saturated carbocycles. The number of nitrogens with one attached hydrogen (secondary N) is 1. The van der Waals surface area contributed by atoms with Crippen LogP contribution in [0, 0.1) is 13.8 Å². The smallest absolute Gasteiger partial charge is 0.211 e. The van der Waals surface area contributed by atoms with Gasteiger partial charge in [0, 0.05) is 29.4 Å². The molecular formula is C20H24N2OS. The van der Waals surface area contributed by atoms with Crippen LogP contribution in [0.15, 0.2) is 35.2 Å². The van der Waals surface area contributed by atoms with Gasteiger partial charge >= 0.3 is 0 Å². The number of carbonyl (C=O) groups is 1. The Morgan fingerprint density at radius 3 is 2.54 bits per heavy atom. The molecule has 0 unspecified atom stereocenters. The third-order valence-electron chi connectivity index (χ3n) is 4.73. The van der Waals surface area contributed by atoms with Crippen LogP contribution in [0.25, 0.3) is 0 Å². The van der Waals surface area contributed by atoms with E-state index in [2.05, 4.69) is 60.7 Å². The Bertz CT molecular complexity index is 734.